The molecule has 2 rings (SSSR count). The molecule has 0 bridgehead atoms. The van der Waals surface area contributed by atoms with Gasteiger partial charge in [0.15, 0.2) is 5.82 Å². The van der Waals surface area contributed by atoms with Gasteiger partial charge < -0.3 is 15.2 Å². The zero-order chi connectivity index (χ0) is 16.8. The highest BCUT2D eigenvalue weighted by molar-refractivity contribution is 8.00. The van der Waals surface area contributed by atoms with Crippen LogP contribution in [0.1, 0.15) is 11.3 Å². The smallest absolute Gasteiger partial charge is 0.235 e. The standard InChI is InChI=1S/C15H16ClN3O3S/c1-9-3-4-12(11(16)5-9)17-14(20)7-23-8-15(21)18-13-6-10(2)22-19-13/h3-6H,7-8H2,1-2H3,(H,17,20)(H,18,19,21). The third-order valence-corrected chi connectivity index (χ3v) is 4.01. The zero-order valence-electron chi connectivity index (χ0n) is 12.7. The van der Waals surface area contributed by atoms with E-state index in [-0.39, 0.29) is 23.3 Å². The Bertz CT molecular complexity index is 718. The number of amides is 2. The molecule has 0 spiro atoms. The Kier molecular flexibility index (Phi) is 6.06. The number of halogens is 1. The van der Waals surface area contributed by atoms with Gasteiger partial charge in [-0.2, -0.15) is 0 Å². The number of carbonyl (C=O) groups excluding carboxylic acids is 2. The first-order chi connectivity index (χ1) is 10.9. The molecule has 0 saturated heterocycles. The van der Waals surface area contributed by atoms with Gasteiger partial charge in [-0.25, -0.2) is 0 Å². The molecule has 2 aromatic rings. The van der Waals surface area contributed by atoms with Gasteiger partial charge in [0, 0.05) is 6.07 Å². The SMILES string of the molecule is Cc1ccc(NC(=O)CSCC(=O)Nc2cc(C)on2)c(Cl)c1. The van der Waals surface area contributed by atoms with Crippen LogP contribution >= 0.6 is 23.4 Å². The Labute approximate surface area is 142 Å². The second kappa shape index (κ2) is 8.03. The Morgan fingerprint density at radius 1 is 1.17 bits per heavy atom. The highest BCUT2D eigenvalue weighted by Crippen LogP contribution is 2.22. The molecule has 0 fully saturated rings. The molecule has 8 heteroatoms. The van der Waals surface area contributed by atoms with Crippen molar-refractivity contribution >= 4 is 46.7 Å². The summed E-state index contributed by atoms with van der Waals surface area (Å²) in [4.78, 5) is 23.5. The first kappa shape index (κ1) is 17.4. The van der Waals surface area contributed by atoms with Crippen molar-refractivity contribution < 1.29 is 14.1 Å². The highest BCUT2D eigenvalue weighted by atomic mass is 35.5. The summed E-state index contributed by atoms with van der Waals surface area (Å²) in [5.41, 5.74) is 1.58. The third-order valence-electron chi connectivity index (χ3n) is 2.76. The largest absolute Gasteiger partial charge is 0.360 e. The summed E-state index contributed by atoms with van der Waals surface area (Å²) in [5.74, 6) is 0.803. The van der Waals surface area contributed by atoms with Crippen molar-refractivity contribution in [1.82, 2.24) is 5.16 Å². The van der Waals surface area contributed by atoms with Crippen molar-refractivity contribution in [3.63, 3.8) is 0 Å². The minimum atomic E-state index is -0.246. The Hall–Kier alpha value is -1.99. The van der Waals surface area contributed by atoms with Crippen LogP contribution in [0.25, 0.3) is 0 Å². The van der Waals surface area contributed by atoms with Crippen LogP contribution in [0, 0.1) is 13.8 Å². The number of hydrogen-bond acceptors (Lipinski definition) is 5. The van der Waals surface area contributed by atoms with E-state index in [2.05, 4.69) is 15.8 Å². The maximum Gasteiger partial charge on any atom is 0.235 e. The van der Waals surface area contributed by atoms with Crippen molar-refractivity contribution in [3.8, 4) is 0 Å². The summed E-state index contributed by atoms with van der Waals surface area (Å²) in [6, 6.07) is 7.01. The van der Waals surface area contributed by atoms with E-state index >= 15 is 0 Å². The quantitative estimate of drug-likeness (QED) is 0.832. The van der Waals surface area contributed by atoms with Crippen LogP contribution in [0.15, 0.2) is 28.8 Å². The molecule has 1 aromatic carbocycles. The number of benzene rings is 1. The van der Waals surface area contributed by atoms with Crippen LogP contribution in [0.2, 0.25) is 5.02 Å². The number of nitrogens with one attached hydrogen (secondary N) is 2. The molecule has 2 N–H and O–H groups in total. The van der Waals surface area contributed by atoms with Crippen molar-refractivity contribution in [3.05, 3.63) is 40.6 Å². The monoisotopic (exact) mass is 353 g/mol. The molecule has 0 unspecified atom stereocenters. The van der Waals surface area contributed by atoms with Gasteiger partial charge in [-0.1, -0.05) is 22.8 Å². The molecule has 0 radical (unpaired) electrons. The predicted octanol–water partition coefficient (Wildman–Crippen LogP) is 3.26. The minimum Gasteiger partial charge on any atom is -0.360 e. The number of aromatic nitrogens is 1. The van der Waals surface area contributed by atoms with Gasteiger partial charge in [-0.15, -0.1) is 11.8 Å². The number of nitrogens with zero attached hydrogens (tertiary/aromatic N) is 1. The van der Waals surface area contributed by atoms with E-state index in [9.17, 15) is 9.59 Å². The second-order valence-electron chi connectivity index (χ2n) is 4.90. The number of anilines is 2. The van der Waals surface area contributed by atoms with Crippen molar-refractivity contribution in [2.75, 3.05) is 22.1 Å². The average molecular weight is 354 g/mol. The Balaban J connectivity index is 1.73. The number of hydrogen-bond donors (Lipinski definition) is 2. The lowest BCUT2D eigenvalue weighted by atomic mass is 10.2. The maximum absolute atomic E-state index is 11.8. The normalized spacial score (nSPS) is 10.4. The molecule has 0 aliphatic heterocycles. The fraction of sp³-hybridized carbons (Fsp3) is 0.267. The van der Waals surface area contributed by atoms with E-state index in [0.29, 0.717) is 22.3 Å². The number of rotatable bonds is 6. The molecular formula is C15H16ClN3O3S. The first-order valence-electron chi connectivity index (χ1n) is 6.81. The van der Waals surface area contributed by atoms with Crippen molar-refractivity contribution in [2.24, 2.45) is 0 Å². The van der Waals surface area contributed by atoms with Gasteiger partial charge in [0.25, 0.3) is 0 Å². The summed E-state index contributed by atoms with van der Waals surface area (Å²) in [6.07, 6.45) is 0. The lowest BCUT2D eigenvalue weighted by Crippen LogP contribution is -2.18. The van der Waals surface area contributed by atoms with Gasteiger partial charge in [0.05, 0.1) is 22.2 Å². The second-order valence-corrected chi connectivity index (χ2v) is 6.29. The topological polar surface area (TPSA) is 84.2 Å². The molecule has 0 atom stereocenters. The van der Waals surface area contributed by atoms with Crippen molar-refractivity contribution in [1.29, 1.82) is 0 Å². The Morgan fingerprint density at radius 2 is 1.87 bits per heavy atom. The molecule has 23 heavy (non-hydrogen) atoms. The van der Waals surface area contributed by atoms with Gasteiger partial charge in [-0.3, -0.25) is 9.59 Å². The Morgan fingerprint density at radius 3 is 2.48 bits per heavy atom. The van der Waals surface area contributed by atoms with Crippen LogP contribution in [0.4, 0.5) is 11.5 Å². The highest BCUT2D eigenvalue weighted by Gasteiger charge is 2.09. The molecule has 122 valence electrons. The van der Waals surface area contributed by atoms with Crippen LogP contribution in [-0.2, 0) is 9.59 Å². The van der Waals surface area contributed by atoms with E-state index in [1.165, 1.54) is 11.8 Å². The fourth-order valence-electron chi connectivity index (χ4n) is 1.75. The number of thioether (sulfide) groups is 1. The van der Waals surface area contributed by atoms with E-state index < -0.39 is 0 Å². The predicted molar refractivity (Wildman–Crippen MR) is 92.0 cm³/mol. The summed E-state index contributed by atoms with van der Waals surface area (Å²) >= 11 is 7.25. The van der Waals surface area contributed by atoms with Gasteiger partial charge in [0.2, 0.25) is 11.8 Å². The fourth-order valence-corrected chi connectivity index (χ4v) is 2.65. The molecule has 2 amide bonds. The van der Waals surface area contributed by atoms with Gasteiger partial charge >= 0.3 is 0 Å². The number of carbonyl (C=O) groups is 2. The first-order valence-corrected chi connectivity index (χ1v) is 8.34. The van der Waals surface area contributed by atoms with E-state index in [0.717, 1.165) is 5.56 Å². The summed E-state index contributed by atoms with van der Waals surface area (Å²) in [7, 11) is 0. The molecule has 0 aliphatic carbocycles. The van der Waals surface area contributed by atoms with Crippen LogP contribution < -0.4 is 10.6 Å². The van der Waals surface area contributed by atoms with Crippen molar-refractivity contribution in [2.45, 2.75) is 13.8 Å². The van der Waals surface area contributed by atoms with Gasteiger partial charge in [-0.05, 0) is 31.5 Å². The van der Waals surface area contributed by atoms with E-state index in [1.807, 2.05) is 13.0 Å². The lowest BCUT2D eigenvalue weighted by Gasteiger charge is -2.07. The van der Waals surface area contributed by atoms with Gasteiger partial charge in [0.1, 0.15) is 5.76 Å². The summed E-state index contributed by atoms with van der Waals surface area (Å²) in [5, 5.41) is 9.45. The molecule has 1 heterocycles. The van der Waals surface area contributed by atoms with Crippen LogP contribution in [0.5, 0.6) is 0 Å². The zero-order valence-corrected chi connectivity index (χ0v) is 14.3. The summed E-state index contributed by atoms with van der Waals surface area (Å²) < 4.78 is 4.85. The maximum atomic E-state index is 11.8. The average Bonchev–Trinajstić information content (AvgIpc) is 2.87. The minimum absolute atomic E-state index is 0.140. The molecule has 1 aromatic heterocycles. The third kappa shape index (κ3) is 5.61. The van der Waals surface area contributed by atoms with E-state index in [1.54, 1.807) is 25.1 Å². The summed E-state index contributed by atoms with van der Waals surface area (Å²) in [6.45, 7) is 3.65. The molecule has 0 saturated carbocycles. The van der Waals surface area contributed by atoms with Crippen LogP contribution in [-0.4, -0.2) is 28.5 Å². The molecule has 6 nitrogen and oxygen atoms in total. The van der Waals surface area contributed by atoms with E-state index in [4.69, 9.17) is 16.1 Å². The molecular weight excluding hydrogens is 338 g/mol. The number of aryl methyl sites for hydroxylation is 2. The lowest BCUT2D eigenvalue weighted by molar-refractivity contribution is -0.114. The van der Waals surface area contributed by atoms with Crippen LogP contribution in [0.3, 0.4) is 0 Å². The molecule has 0 aliphatic rings.